The first kappa shape index (κ1) is 13.1. The summed E-state index contributed by atoms with van der Waals surface area (Å²) in [5, 5.41) is 3.64. The first-order valence-corrected chi connectivity index (χ1v) is 6.99. The number of hydrogen-bond donors (Lipinski definition) is 1. The van der Waals surface area contributed by atoms with Crippen molar-refractivity contribution >= 4 is 28.9 Å². The molecule has 1 amide bonds. The van der Waals surface area contributed by atoms with Gasteiger partial charge in [0.1, 0.15) is 5.76 Å². The van der Waals surface area contributed by atoms with Crippen LogP contribution in [0.5, 0.6) is 0 Å². The van der Waals surface area contributed by atoms with Gasteiger partial charge in [0, 0.05) is 24.3 Å². The molecule has 1 fully saturated rings. The van der Waals surface area contributed by atoms with E-state index in [1.165, 1.54) is 0 Å². The van der Waals surface area contributed by atoms with Crippen LogP contribution in [0.4, 0.5) is 11.4 Å². The Balaban J connectivity index is 1.62. The maximum atomic E-state index is 11.7. The zero-order chi connectivity index (χ0) is 13.9. The van der Waals surface area contributed by atoms with Gasteiger partial charge in [-0.2, -0.15) is 0 Å². The van der Waals surface area contributed by atoms with E-state index < -0.39 is 0 Å². The second kappa shape index (κ2) is 5.59. The van der Waals surface area contributed by atoms with Gasteiger partial charge in [0.15, 0.2) is 5.22 Å². The Kier molecular flexibility index (Phi) is 3.65. The zero-order valence-electron chi connectivity index (χ0n) is 10.9. The number of carbonyl (C=O) groups is 1. The molecule has 104 valence electrons. The second-order valence-corrected chi connectivity index (χ2v) is 5.13. The van der Waals surface area contributed by atoms with E-state index in [9.17, 15) is 4.79 Å². The first-order chi connectivity index (χ1) is 9.72. The van der Waals surface area contributed by atoms with Gasteiger partial charge in [-0.25, -0.2) is 0 Å². The zero-order valence-corrected chi connectivity index (χ0v) is 11.7. The molecule has 0 bridgehead atoms. The SMILES string of the molecule is O=C1CCCN1c1ccc(NCc2ccc(Cl)o2)cc1. The number of nitrogens with one attached hydrogen (secondary N) is 1. The number of carbonyl (C=O) groups excluding carboxylic acids is 1. The minimum atomic E-state index is 0.205. The van der Waals surface area contributed by atoms with Gasteiger partial charge in [-0.1, -0.05) is 0 Å². The molecule has 20 heavy (non-hydrogen) atoms. The van der Waals surface area contributed by atoms with Crippen LogP contribution in [0, 0.1) is 0 Å². The molecule has 0 radical (unpaired) electrons. The number of anilines is 2. The summed E-state index contributed by atoms with van der Waals surface area (Å²) >= 11 is 5.72. The molecule has 1 aliphatic heterocycles. The highest BCUT2D eigenvalue weighted by Gasteiger charge is 2.21. The van der Waals surface area contributed by atoms with Crippen molar-refractivity contribution in [3.05, 3.63) is 47.4 Å². The Bertz CT molecular complexity index is 607. The van der Waals surface area contributed by atoms with Gasteiger partial charge in [-0.3, -0.25) is 4.79 Å². The van der Waals surface area contributed by atoms with Gasteiger partial charge in [-0.15, -0.1) is 0 Å². The standard InChI is InChI=1S/C15H15ClN2O2/c16-14-8-7-13(20-14)10-17-11-3-5-12(6-4-11)18-9-1-2-15(18)19/h3-8,17H,1-2,9-10H2. The minimum Gasteiger partial charge on any atom is -0.448 e. The third-order valence-electron chi connectivity index (χ3n) is 3.35. The van der Waals surface area contributed by atoms with E-state index in [1.54, 1.807) is 6.07 Å². The maximum Gasteiger partial charge on any atom is 0.227 e. The van der Waals surface area contributed by atoms with Crippen LogP contribution >= 0.6 is 11.6 Å². The molecule has 0 saturated carbocycles. The highest BCUT2D eigenvalue weighted by atomic mass is 35.5. The molecule has 1 aromatic heterocycles. The average Bonchev–Trinajstić information content (AvgIpc) is 3.06. The molecule has 1 saturated heterocycles. The van der Waals surface area contributed by atoms with Crippen molar-refractivity contribution < 1.29 is 9.21 Å². The Morgan fingerprint density at radius 1 is 1.20 bits per heavy atom. The molecule has 0 aliphatic carbocycles. The van der Waals surface area contributed by atoms with Gasteiger partial charge in [0.2, 0.25) is 5.91 Å². The van der Waals surface area contributed by atoms with E-state index in [2.05, 4.69) is 5.32 Å². The normalized spacial score (nSPS) is 14.8. The number of halogens is 1. The van der Waals surface area contributed by atoms with Crippen LogP contribution in [0.3, 0.4) is 0 Å². The van der Waals surface area contributed by atoms with E-state index in [-0.39, 0.29) is 5.91 Å². The fourth-order valence-corrected chi connectivity index (χ4v) is 2.48. The number of rotatable bonds is 4. The summed E-state index contributed by atoms with van der Waals surface area (Å²) in [6, 6.07) is 11.4. The van der Waals surface area contributed by atoms with Crippen LogP contribution in [0.25, 0.3) is 0 Å². The lowest BCUT2D eigenvalue weighted by Crippen LogP contribution is -2.23. The number of benzene rings is 1. The third kappa shape index (κ3) is 2.80. The molecule has 3 rings (SSSR count). The maximum absolute atomic E-state index is 11.7. The van der Waals surface area contributed by atoms with E-state index in [0.717, 1.165) is 30.1 Å². The Hall–Kier alpha value is -1.94. The molecular weight excluding hydrogens is 276 g/mol. The molecule has 2 heterocycles. The van der Waals surface area contributed by atoms with Crippen molar-refractivity contribution in [2.75, 3.05) is 16.8 Å². The molecule has 0 atom stereocenters. The van der Waals surface area contributed by atoms with Gasteiger partial charge in [0.25, 0.3) is 0 Å². The predicted octanol–water partition coefficient (Wildman–Crippen LogP) is 3.67. The highest BCUT2D eigenvalue weighted by Crippen LogP contribution is 2.23. The summed E-state index contributed by atoms with van der Waals surface area (Å²) in [5.74, 6) is 0.990. The predicted molar refractivity (Wildman–Crippen MR) is 79.1 cm³/mol. The lowest BCUT2D eigenvalue weighted by Gasteiger charge is -2.16. The number of amides is 1. The smallest absolute Gasteiger partial charge is 0.227 e. The first-order valence-electron chi connectivity index (χ1n) is 6.61. The van der Waals surface area contributed by atoms with E-state index >= 15 is 0 Å². The van der Waals surface area contributed by atoms with Crippen LogP contribution in [0.1, 0.15) is 18.6 Å². The molecule has 5 heteroatoms. The lowest BCUT2D eigenvalue weighted by atomic mass is 10.2. The number of hydrogen-bond acceptors (Lipinski definition) is 3. The van der Waals surface area contributed by atoms with Crippen molar-refractivity contribution in [3.63, 3.8) is 0 Å². The summed E-state index contributed by atoms with van der Waals surface area (Å²) in [5.41, 5.74) is 1.94. The molecule has 1 N–H and O–H groups in total. The fraction of sp³-hybridized carbons (Fsp3) is 0.267. The monoisotopic (exact) mass is 290 g/mol. The fourth-order valence-electron chi connectivity index (χ4n) is 2.32. The molecule has 2 aromatic rings. The van der Waals surface area contributed by atoms with Gasteiger partial charge >= 0.3 is 0 Å². The number of nitrogens with zero attached hydrogens (tertiary/aromatic N) is 1. The third-order valence-corrected chi connectivity index (χ3v) is 3.55. The van der Waals surface area contributed by atoms with E-state index in [4.69, 9.17) is 16.0 Å². The summed E-state index contributed by atoms with van der Waals surface area (Å²) in [6.07, 6.45) is 1.59. The van der Waals surface area contributed by atoms with Crippen molar-refractivity contribution in [1.29, 1.82) is 0 Å². The molecule has 0 spiro atoms. The van der Waals surface area contributed by atoms with Gasteiger partial charge in [0.05, 0.1) is 6.54 Å². The van der Waals surface area contributed by atoms with Gasteiger partial charge in [-0.05, 0) is 54.4 Å². The lowest BCUT2D eigenvalue weighted by molar-refractivity contribution is -0.117. The van der Waals surface area contributed by atoms with Crippen LogP contribution in [-0.4, -0.2) is 12.5 Å². The van der Waals surface area contributed by atoms with Crippen LogP contribution in [0.15, 0.2) is 40.8 Å². The molecule has 4 nitrogen and oxygen atoms in total. The van der Waals surface area contributed by atoms with Crippen molar-refractivity contribution in [1.82, 2.24) is 0 Å². The van der Waals surface area contributed by atoms with Crippen molar-refractivity contribution in [2.24, 2.45) is 0 Å². The summed E-state index contributed by atoms with van der Waals surface area (Å²) in [6.45, 7) is 1.39. The molecule has 1 aromatic carbocycles. The molecule has 1 aliphatic rings. The summed E-state index contributed by atoms with van der Waals surface area (Å²) in [7, 11) is 0. The minimum absolute atomic E-state index is 0.205. The second-order valence-electron chi connectivity index (χ2n) is 4.76. The highest BCUT2D eigenvalue weighted by molar-refractivity contribution is 6.28. The average molecular weight is 291 g/mol. The van der Waals surface area contributed by atoms with Crippen LogP contribution in [-0.2, 0) is 11.3 Å². The quantitative estimate of drug-likeness (QED) is 0.934. The molecule has 0 unspecified atom stereocenters. The van der Waals surface area contributed by atoms with Crippen molar-refractivity contribution in [2.45, 2.75) is 19.4 Å². The van der Waals surface area contributed by atoms with Crippen LogP contribution in [0.2, 0.25) is 5.22 Å². The van der Waals surface area contributed by atoms with E-state index in [0.29, 0.717) is 18.2 Å². The van der Waals surface area contributed by atoms with Gasteiger partial charge < -0.3 is 14.6 Å². The Morgan fingerprint density at radius 3 is 2.60 bits per heavy atom. The Morgan fingerprint density at radius 2 is 2.00 bits per heavy atom. The Labute approximate surface area is 122 Å². The van der Waals surface area contributed by atoms with Crippen LogP contribution < -0.4 is 10.2 Å². The summed E-state index contributed by atoms with van der Waals surface area (Å²) in [4.78, 5) is 13.5. The largest absolute Gasteiger partial charge is 0.448 e. The summed E-state index contributed by atoms with van der Waals surface area (Å²) < 4.78 is 5.27. The molecular formula is C15H15ClN2O2. The van der Waals surface area contributed by atoms with E-state index in [1.807, 2.05) is 35.2 Å². The topological polar surface area (TPSA) is 45.5 Å². The van der Waals surface area contributed by atoms with Crippen molar-refractivity contribution in [3.8, 4) is 0 Å². The number of furan rings is 1.